The maximum atomic E-state index is 9.11. The minimum Gasteiger partial charge on any atom is -0.392 e. The summed E-state index contributed by atoms with van der Waals surface area (Å²) < 4.78 is 5.18. The van der Waals surface area contributed by atoms with Crippen LogP contribution in [0.15, 0.2) is 12.3 Å². The minimum atomic E-state index is -0.0384. The molecule has 1 fully saturated rings. The highest BCUT2D eigenvalue weighted by Gasteiger charge is 2.33. The number of anilines is 1. The van der Waals surface area contributed by atoms with Crippen LogP contribution in [0.4, 0.5) is 5.82 Å². The predicted octanol–water partition coefficient (Wildman–Crippen LogP) is 2.48. The van der Waals surface area contributed by atoms with Gasteiger partial charge in [-0.1, -0.05) is 11.6 Å². The van der Waals surface area contributed by atoms with Crippen molar-refractivity contribution in [3.8, 4) is 0 Å². The summed E-state index contributed by atoms with van der Waals surface area (Å²) in [6, 6.07) is 2.20. The molecule has 1 aromatic rings. The molecule has 4 nitrogen and oxygen atoms in total. The van der Waals surface area contributed by atoms with E-state index < -0.39 is 0 Å². The Kier molecular flexibility index (Phi) is 5.02. The first-order valence-corrected chi connectivity index (χ1v) is 7.06. The monoisotopic (exact) mass is 284 g/mol. The van der Waals surface area contributed by atoms with Crippen LogP contribution in [-0.4, -0.2) is 36.4 Å². The van der Waals surface area contributed by atoms with Gasteiger partial charge in [-0.25, -0.2) is 4.98 Å². The van der Waals surface area contributed by atoms with E-state index in [1.54, 1.807) is 19.4 Å². The fourth-order valence-electron chi connectivity index (χ4n) is 2.29. The van der Waals surface area contributed by atoms with Gasteiger partial charge in [-0.05, 0) is 37.3 Å². The van der Waals surface area contributed by atoms with Gasteiger partial charge in [0.25, 0.3) is 0 Å². The molecule has 0 bridgehead atoms. The SMILES string of the molecule is COCCN(c1ncc(CO)cc1Cl)C(C)C1CC1. The zero-order chi connectivity index (χ0) is 13.8. The number of aliphatic hydroxyl groups is 1. The molecule has 0 aromatic carbocycles. The first-order valence-electron chi connectivity index (χ1n) is 6.68. The number of hydrogen-bond acceptors (Lipinski definition) is 4. The lowest BCUT2D eigenvalue weighted by molar-refractivity contribution is 0.202. The Bertz CT molecular complexity index is 424. The highest BCUT2D eigenvalue weighted by atomic mass is 35.5. The summed E-state index contributed by atoms with van der Waals surface area (Å²) in [5.74, 6) is 1.52. The number of aliphatic hydroxyl groups excluding tert-OH is 1. The molecule has 0 aliphatic heterocycles. The standard InChI is InChI=1S/C14H21ClN2O2/c1-10(12-3-4-12)17(5-6-19-2)14-13(15)7-11(9-18)8-16-14/h7-8,10,12,18H,3-6,9H2,1-2H3. The van der Waals surface area contributed by atoms with Crippen LogP contribution in [0.5, 0.6) is 0 Å². The number of hydrogen-bond donors (Lipinski definition) is 1. The first kappa shape index (κ1) is 14.6. The second kappa shape index (κ2) is 6.55. The molecule has 1 aliphatic rings. The fraction of sp³-hybridized carbons (Fsp3) is 0.643. The Balaban J connectivity index is 2.20. The Morgan fingerprint density at radius 1 is 1.58 bits per heavy atom. The molecule has 1 unspecified atom stereocenters. The van der Waals surface area contributed by atoms with Crippen LogP contribution >= 0.6 is 11.6 Å². The maximum Gasteiger partial charge on any atom is 0.147 e. The third kappa shape index (κ3) is 3.59. The third-order valence-electron chi connectivity index (χ3n) is 3.67. The summed E-state index contributed by atoms with van der Waals surface area (Å²) in [5, 5.41) is 9.70. The van der Waals surface area contributed by atoms with Crippen LogP contribution in [0.25, 0.3) is 0 Å². The molecular formula is C14H21ClN2O2. The van der Waals surface area contributed by atoms with Gasteiger partial charge in [0, 0.05) is 25.9 Å². The highest BCUT2D eigenvalue weighted by molar-refractivity contribution is 6.33. The van der Waals surface area contributed by atoms with Crippen LogP contribution in [0.2, 0.25) is 5.02 Å². The smallest absolute Gasteiger partial charge is 0.147 e. The van der Waals surface area contributed by atoms with E-state index in [4.69, 9.17) is 21.4 Å². The lowest BCUT2D eigenvalue weighted by Crippen LogP contribution is -2.38. The molecule has 1 aliphatic carbocycles. The van der Waals surface area contributed by atoms with Gasteiger partial charge in [0.05, 0.1) is 18.2 Å². The van der Waals surface area contributed by atoms with E-state index in [1.165, 1.54) is 12.8 Å². The molecular weight excluding hydrogens is 264 g/mol. The Labute approximate surface area is 119 Å². The van der Waals surface area contributed by atoms with Crippen LogP contribution in [0, 0.1) is 5.92 Å². The van der Waals surface area contributed by atoms with Crippen LogP contribution in [-0.2, 0) is 11.3 Å². The van der Waals surface area contributed by atoms with Crippen LogP contribution in [0.1, 0.15) is 25.3 Å². The molecule has 5 heteroatoms. The molecule has 2 rings (SSSR count). The molecule has 1 saturated carbocycles. The zero-order valence-corrected chi connectivity index (χ0v) is 12.2. The first-order chi connectivity index (χ1) is 9.17. The van der Waals surface area contributed by atoms with E-state index in [2.05, 4.69) is 16.8 Å². The van der Waals surface area contributed by atoms with Gasteiger partial charge in [0.15, 0.2) is 0 Å². The normalized spacial score (nSPS) is 16.4. The summed E-state index contributed by atoms with van der Waals surface area (Å²) in [6.07, 6.45) is 4.23. The zero-order valence-electron chi connectivity index (χ0n) is 11.5. The van der Waals surface area contributed by atoms with Crippen molar-refractivity contribution in [3.05, 3.63) is 22.8 Å². The lowest BCUT2D eigenvalue weighted by atomic mass is 10.1. The largest absolute Gasteiger partial charge is 0.392 e. The number of pyridine rings is 1. The third-order valence-corrected chi connectivity index (χ3v) is 3.94. The number of methoxy groups -OCH3 is 1. The molecule has 1 atom stereocenters. The summed E-state index contributed by atoms with van der Waals surface area (Å²) >= 11 is 6.29. The van der Waals surface area contributed by atoms with Crippen LogP contribution in [0.3, 0.4) is 0 Å². The second-order valence-corrected chi connectivity index (χ2v) is 5.48. The molecule has 1 heterocycles. The maximum absolute atomic E-state index is 9.11. The van der Waals surface area contributed by atoms with E-state index >= 15 is 0 Å². The summed E-state index contributed by atoms with van der Waals surface area (Å²) in [6.45, 7) is 3.60. The van der Waals surface area contributed by atoms with Gasteiger partial charge in [0.2, 0.25) is 0 Å². The molecule has 0 amide bonds. The van der Waals surface area contributed by atoms with Gasteiger partial charge in [0.1, 0.15) is 5.82 Å². The number of halogens is 1. The van der Waals surface area contributed by atoms with E-state index in [-0.39, 0.29) is 6.61 Å². The van der Waals surface area contributed by atoms with Crippen LogP contribution < -0.4 is 4.90 Å². The number of aromatic nitrogens is 1. The Hall–Kier alpha value is -0.840. The highest BCUT2D eigenvalue weighted by Crippen LogP contribution is 2.38. The average Bonchev–Trinajstić information content (AvgIpc) is 3.24. The van der Waals surface area contributed by atoms with Crippen molar-refractivity contribution in [2.75, 3.05) is 25.2 Å². The molecule has 0 radical (unpaired) electrons. The van der Waals surface area contributed by atoms with Gasteiger partial charge < -0.3 is 14.7 Å². The molecule has 1 aromatic heterocycles. The van der Waals surface area contributed by atoms with Crippen molar-refractivity contribution in [3.63, 3.8) is 0 Å². The van der Waals surface area contributed by atoms with Gasteiger partial charge in [-0.2, -0.15) is 0 Å². The average molecular weight is 285 g/mol. The van der Waals surface area contributed by atoms with Crippen molar-refractivity contribution >= 4 is 17.4 Å². The van der Waals surface area contributed by atoms with E-state index in [0.717, 1.165) is 23.8 Å². The van der Waals surface area contributed by atoms with E-state index in [1.807, 2.05) is 0 Å². The minimum absolute atomic E-state index is 0.0384. The van der Waals surface area contributed by atoms with Gasteiger partial charge in [-0.3, -0.25) is 0 Å². The summed E-state index contributed by atoms with van der Waals surface area (Å²) in [4.78, 5) is 6.62. The van der Waals surface area contributed by atoms with Crippen molar-refractivity contribution in [1.82, 2.24) is 4.98 Å². The van der Waals surface area contributed by atoms with Crippen molar-refractivity contribution < 1.29 is 9.84 Å². The van der Waals surface area contributed by atoms with Crippen molar-refractivity contribution in [1.29, 1.82) is 0 Å². The number of rotatable bonds is 7. The molecule has 0 saturated heterocycles. The summed E-state index contributed by atoms with van der Waals surface area (Å²) in [7, 11) is 1.70. The lowest BCUT2D eigenvalue weighted by Gasteiger charge is -2.31. The van der Waals surface area contributed by atoms with Crippen molar-refractivity contribution in [2.24, 2.45) is 5.92 Å². The summed E-state index contributed by atoms with van der Waals surface area (Å²) in [5.41, 5.74) is 0.736. The topological polar surface area (TPSA) is 45.6 Å². The number of ether oxygens (including phenoxy) is 1. The predicted molar refractivity (Wildman–Crippen MR) is 76.6 cm³/mol. The molecule has 0 spiro atoms. The molecule has 19 heavy (non-hydrogen) atoms. The van der Waals surface area contributed by atoms with E-state index in [9.17, 15) is 0 Å². The second-order valence-electron chi connectivity index (χ2n) is 5.07. The Morgan fingerprint density at radius 2 is 2.32 bits per heavy atom. The van der Waals surface area contributed by atoms with Gasteiger partial charge >= 0.3 is 0 Å². The Morgan fingerprint density at radius 3 is 2.84 bits per heavy atom. The van der Waals surface area contributed by atoms with Gasteiger partial charge in [-0.15, -0.1) is 0 Å². The number of nitrogens with zero attached hydrogens (tertiary/aromatic N) is 2. The fourth-order valence-corrected chi connectivity index (χ4v) is 2.59. The van der Waals surface area contributed by atoms with Crippen molar-refractivity contribution in [2.45, 2.75) is 32.4 Å². The van der Waals surface area contributed by atoms with E-state index in [0.29, 0.717) is 17.7 Å². The molecule has 106 valence electrons. The quantitative estimate of drug-likeness (QED) is 0.835. The molecule has 1 N–H and O–H groups in total.